The molecular formula is C21H28N4O2. The van der Waals surface area contributed by atoms with Crippen molar-refractivity contribution in [1.29, 1.82) is 0 Å². The molecule has 6 nitrogen and oxygen atoms in total. The number of nitrogens with one attached hydrogen (secondary N) is 1. The molecule has 2 fully saturated rings. The molecule has 2 aliphatic carbocycles. The van der Waals surface area contributed by atoms with Crippen molar-refractivity contribution in [2.45, 2.75) is 51.2 Å². The van der Waals surface area contributed by atoms with E-state index in [4.69, 9.17) is 0 Å². The van der Waals surface area contributed by atoms with Gasteiger partial charge in [-0.15, -0.1) is 0 Å². The van der Waals surface area contributed by atoms with E-state index in [9.17, 15) is 9.90 Å². The zero-order chi connectivity index (χ0) is 18.8. The first kappa shape index (κ1) is 18.2. The van der Waals surface area contributed by atoms with Crippen molar-refractivity contribution in [3.05, 3.63) is 48.0 Å². The number of rotatable bonds is 9. The minimum atomic E-state index is -0.714. The first-order valence-electron chi connectivity index (χ1n) is 9.88. The van der Waals surface area contributed by atoms with Gasteiger partial charge < -0.3 is 10.4 Å². The second-order valence-electron chi connectivity index (χ2n) is 7.94. The topological polar surface area (TPSA) is 70.4 Å². The molecule has 0 unspecified atom stereocenters. The zero-order valence-electron chi connectivity index (χ0n) is 15.8. The van der Waals surface area contributed by atoms with Gasteiger partial charge in [0.1, 0.15) is 5.82 Å². The van der Waals surface area contributed by atoms with E-state index in [1.165, 1.54) is 12.8 Å². The number of aliphatic carboxylic acids is 1. The highest BCUT2D eigenvalue weighted by molar-refractivity contribution is 5.69. The van der Waals surface area contributed by atoms with Crippen LogP contribution in [0.1, 0.15) is 37.2 Å². The summed E-state index contributed by atoms with van der Waals surface area (Å²) in [6, 6.07) is 11.1. The molecule has 0 amide bonds. The molecule has 6 heteroatoms. The molecule has 2 aliphatic rings. The number of hydrogen-bond donors (Lipinski definition) is 2. The summed E-state index contributed by atoms with van der Waals surface area (Å²) in [6.45, 7) is 3.92. The summed E-state index contributed by atoms with van der Waals surface area (Å²) < 4.78 is 2.19. The Bertz CT molecular complexity index is 779. The van der Waals surface area contributed by atoms with Crippen LogP contribution in [0.5, 0.6) is 0 Å². The fraction of sp³-hybridized carbons (Fsp3) is 0.524. The lowest BCUT2D eigenvalue weighted by atomic mass is 9.85. The van der Waals surface area contributed by atoms with E-state index in [0.717, 1.165) is 49.1 Å². The van der Waals surface area contributed by atoms with Crippen LogP contribution in [0.25, 0.3) is 5.69 Å². The fourth-order valence-corrected chi connectivity index (χ4v) is 4.00. The monoisotopic (exact) mass is 368 g/mol. The number of carboxylic acids is 1. The highest BCUT2D eigenvalue weighted by Gasteiger charge is 2.36. The summed E-state index contributed by atoms with van der Waals surface area (Å²) in [6.07, 6.45) is 6.51. The number of carboxylic acid groups (broad SMARTS) is 1. The van der Waals surface area contributed by atoms with E-state index in [-0.39, 0.29) is 6.54 Å². The number of hydrogen-bond acceptors (Lipinski definition) is 4. The minimum absolute atomic E-state index is 0.174. The van der Waals surface area contributed by atoms with Crippen molar-refractivity contribution in [2.24, 2.45) is 5.92 Å². The molecule has 0 bridgehead atoms. The first-order valence-corrected chi connectivity index (χ1v) is 9.88. The number of aromatic nitrogens is 2. The first-order chi connectivity index (χ1) is 13.1. The molecule has 0 spiro atoms. The summed E-state index contributed by atoms with van der Waals surface area (Å²) in [5.74, 6) is 0.996. The number of nitrogens with zero attached hydrogens (tertiary/aromatic N) is 3. The van der Waals surface area contributed by atoms with E-state index < -0.39 is 5.97 Å². The van der Waals surface area contributed by atoms with Crippen LogP contribution in [-0.2, 0) is 11.3 Å². The molecule has 4 rings (SSSR count). The number of carbonyl (C=O) groups is 1. The number of imidazole rings is 1. The van der Waals surface area contributed by atoms with Crippen LogP contribution < -0.4 is 5.32 Å². The van der Waals surface area contributed by atoms with Gasteiger partial charge in [0.2, 0.25) is 0 Å². The Hall–Kier alpha value is -2.18. The van der Waals surface area contributed by atoms with Crippen molar-refractivity contribution >= 4 is 5.97 Å². The van der Waals surface area contributed by atoms with Crippen LogP contribution in [0, 0.1) is 12.8 Å². The molecule has 144 valence electrons. The summed E-state index contributed by atoms with van der Waals surface area (Å²) in [7, 11) is 0. The van der Waals surface area contributed by atoms with Crippen LogP contribution in [0.4, 0.5) is 0 Å². The largest absolute Gasteiger partial charge is 0.480 e. The van der Waals surface area contributed by atoms with Gasteiger partial charge in [-0.1, -0.05) is 18.2 Å². The molecule has 0 atom stereocenters. The molecule has 2 saturated carbocycles. The Morgan fingerprint density at radius 1 is 1.30 bits per heavy atom. The third-order valence-electron chi connectivity index (χ3n) is 5.76. The highest BCUT2D eigenvalue weighted by Crippen LogP contribution is 2.33. The summed E-state index contributed by atoms with van der Waals surface area (Å²) in [5.41, 5.74) is 2.29. The van der Waals surface area contributed by atoms with E-state index >= 15 is 0 Å². The molecule has 1 aromatic heterocycles. The van der Waals surface area contributed by atoms with Crippen molar-refractivity contribution in [1.82, 2.24) is 19.8 Å². The maximum atomic E-state index is 11.2. The zero-order valence-corrected chi connectivity index (χ0v) is 15.8. The van der Waals surface area contributed by atoms with Gasteiger partial charge in [-0.25, -0.2) is 4.98 Å². The lowest BCUT2D eigenvalue weighted by molar-refractivity contribution is -0.139. The highest BCUT2D eigenvalue weighted by atomic mass is 16.4. The van der Waals surface area contributed by atoms with Gasteiger partial charge in [0.25, 0.3) is 0 Å². The molecule has 0 saturated heterocycles. The van der Waals surface area contributed by atoms with Gasteiger partial charge in [0.05, 0.1) is 18.4 Å². The third-order valence-corrected chi connectivity index (χ3v) is 5.76. The SMILES string of the molecule is Cc1ncc(CNC2CC(N(CC(=O)O)CC3CC3)C2)n1-c1ccccc1. The smallest absolute Gasteiger partial charge is 0.317 e. The van der Waals surface area contributed by atoms with E-state index in [2.05, 4.69) is 31.9 Å². The van der Waals surface area contributed by atoms with Gasteiger partial charge in [-0.2, -0.15) is 0 Å². The van der Waals surface area contributed by atoms with E-state index in [1.807, 2.05) is 31.3 Å². The van der Waals surface area contributed by atoms with E-state index in [1.54, 1.807) is 0 Å². The number of aryl methyl sites for hydroxylation is 1. The van der Waals surface area contributed by atoms with Crippen LogP contribution >= 0.6 is 0 Å². The second-order valence-corrected chi connectivity index (χ2v) is 7.94. The van der Waals surface area contributed by atoms with Crippen molar-refractivity contribution in [2.75, 3.05) is 13.1 Å². The maximum Gasteiger partial charge on any atom is 0.317 e. The minimum Gasteiger partial charge on any atom is -0.480 e. The lowest BCUT2D eigenvalue weighted by Crippen LogP contribution is -2.54. The van der Waals surface area contributed by atoms with Crippen molar-refractivity contribution in [3.63, 3.8) is 0 Å². The Balaban J connectivity index is 1.31. The average molecular weight is 368 g/mol. The Morgan fingerprint density at radius 3 is 2.70 bits per heavy atom. The third kappa shape index (κ3) is 4.39. The van der Waals surface area contributed by atoms with Crippen LogP contribution in [0.15, 0.2) is 36.5 Å². The second kappa shape index (κ2) is 7.82. The normalized spacial score (nSPS) is 22.0. The number of benzene rings is 1. The van der Waals surface area contributed by atoms with Crippen molar-refractivity contribution < 1.29 is 9.90 Å². The Morgan fingerprint density at radius 2 is 2.04 bits per heavy atom. The molecule has 1 heterocycles. The quantitative estimate of drug-likeness (QED) is 0.712. The molecule has 1 aromatic carbocycles. The van der Waals surface area contributed by atoms with Gasteiger partial charge in [0, 0.05) is 30.9 Å². The fourth-order valence-electron chi connectivity index (χ4n) is 4.00. The van der Waals surface area contributed by atoms with Gasteiger partial charge in [-0.05, 0) is 50.7 Å². The predicted molar refractivity (Wildman–Crippen MR) is 104 cm³/mol. The molecular weight excluding hydrogens is 340 g/mol. The molecule has 0 radical (unpaired) electrons. The number of para-hydroxylation sites is 1. The van der Waals surface area contributed by atoms with Gasteiger partial charge >= 0.3 is 5.97 Å². The Labute approximate surface area is 160 Å². The molecule has 2 N–H and O–H groups in total. The maximum absolute atomic E-state index is 11.2. The van der Waals surface area contributed by atoms with Crippen LogP contribution in [-0.4, -0.2) is 50.7 Å². The van der Waals surface area contributed by atoms with Crippen molar-refractivity contribution in [3.8, 4) is 5.69 Å². The Kier molecular flexibility index (Phi) is 5.27. The predicted octanol–water partition coefficient (Wildman–Crippen LogP) is 2.60. The summed E-state index contributed by atoms with van der Waals surface area (Å²) >= 11 is 0. The summed E-state index contributed by atoms with van der Waals surface area (Å²) in [5, 5.41) is 12.8. The summed E-state index contributed by atoms with van der Waals surface area (Å²) in [4.78, 5) is 17.8. The molecule has 27 heavy (non-hydrogen) atoms. The van der Waals surface area contributed by atoms with Crippen LogP contribution in [0.2, 0.25) is 0 Å². The standard InChI is InChI=1S/C21H28N4O2/c1-15-22-11-20(25(15)18-5-3-2-4-6-18)12-23-17-9-19(10-17)24(14-21(26)27)13-16-7-8-16/h2-6,11,16-17,19,23H,7-10,12-14H2,1H3,(H,26,27). The van der Waals surface area contributed by atoms with Gasteiger partial charge in [-0.3, -0.25) is 14.3 Å². The van der Waals surface area contributed by atoms with Crippen LogP contribution in [0.3, 0.4) is 0 Å². The van der Waals surface area contributed by atoms with Gasteiger partial charge in [0.15, 0.2) is 0 Å². The lowest BCUT2D eigenvalue weighted by Gasteiger charge is -2.43. The molecule has 2 aromatic rings. The average Bonchev–Trinajstić information content (AvgIpc) is 3.34. The van der Waals surface area contributed by atoms with E-state index in [0.29, 0.717) is 12.1 Å². The molecule has 0 aliphatic heterocycles.